The monoisotopic (exact) mass is 407 g/mol. The van der Waals surface area contributed by atoms with Crippen molar-refractivity contribution in [2.24, 2.45) is 11.7 Å². The Morgan fingerprint density at radius 2 is 2.04 bits per heavy atom. The van der Waals surface area contributed by atoms with Crippen LogP contribution < -0.4 is 11.1 Å². The van der Waals surface area contributed by atoms with Crippen molar-refractivity contribution in [1.82, 2.24) is 10.2 Å². The van der Waals surface area contributed by atoms with E-state index in [1.165, 1.54) is 6.07 Å². The predicted molar refractivity (Wildman–Crippen MR) is 104 cm³/mol. The number of carbonyl (C=O) groups is 1. The number of ether oxygens (including phenoxy) is 1. The fraction of sp³-hybridized carbons (Fsp3) is 0.611. The molecule has 3 atom stereocenters. The van der Waals surface area contributed by atoms with Crippen molar-refractivity contribution in [3.63, 3.8) is 0 Å². The topological polar surface area (TPSA) is 67.6 Å². The summed E-state index contributed by atoms with van der Waals surface area (Å²) in [5.41, 5.74) is 6.79. The Balaban J connectivity index is 0.00000169. The second kappa shape index (κ2) is 11.0. The first-order chi connectivity index (χ1) is 11.6. The molecule has 0 aromatic heterocycles. The van der Waals surface area contributed by atoms with Gasteiger partial charge in [-0.25, -0.2) is 4.39 Å². The minimum Gasteiger partial charge on any atom is -0.379 e. The first-order valence-electron chi connectivity index (χ1n) is 8.74. The van der Waals surface area contributed by atoms with E-state index in [2.05, 4.69) is 10.2 Å². The number of nitrogens with two attached hydrogens (primary N) is 1. The Kier molecular flexibility index (Phi) is 9.82. The smallest absolute Gasteiger partial charge is 0.223 e. The van der Waals surface area contributed by atoms with Gasteiger partial charge in [0, 0.05) is 31.6 Å². The van der Waals surface area contributed by atoms with Gasteiger partial charge in [0.15, 0.2) is 0 Å². The van der Waals surface area contributed by atoms with E-state index in [1.807, 2.05) is 6.07 Å². The molecule has 3 N–H and O–H groups in total. The molecule has 0 bridgehead atoms. The molecule has 1 heterocycles. The maximum absolute atomic E-state index is 13.6. The van der Waals surface area contributed by atoms with E-state index in [9.17, 15) is 9.18 Å². The average Bonchev–Trinajstić information content (AvgIpc) is 3.02. The zero-order valence-electron chi connectivity index (χ0n) is 14.7. The summed E-state index contributed by atoms with van der Waals surface area (Å²) >= 11 is 0. The summed E-state index contributed by atoms with van der Waals surface area (Å²) in [6.45, 7) is 3.37. The molecule has 1 saturated heterocycles. The number of amides is 1. The molecule has 2 aliphatic rings. The largest absolute Gasteiger partial charge is 0.379 e. The number of rotatable bonds is 5. The minimum atomic E-state index is -0.251. The van der Waals surface area contributed by atoms with Gasteiger partial charge in [0.05, 0.1) is 19.3 Å². The van der Waals surface area contributed by atoms with E-state index in [0.29, 0.717) is 19.8 Å². The van der Waals surface area contributed by atoms with Crippen molar-refractivity contribution in [2.75, 3.05) is 32.8 Å². The van der Waals surface area contributed by atoms with E-state index < -0.39 is 0 Å². The molecule has 1 saturated carbocycles. The van der Waals surface area contributed by atoms with Crippen molar-refractivity contribution < 1.29 is 13.9 Å². The third kappa shape index (κ3) is 6.06. The van der Waals surface area contributed by atoms with Gasteiger partial charge in [-0.15, -0.1) is 24.8 Å². The van der Waals surface area contributed by atoms with Crippen molar-refractivity contribution in [1.29, 1.82) is 0 Å². The summed E-state index contributed by atoms with van der Waals surface area (Å²) in [7, 11) is 0. The van der Waals surface area contributed by atoms with Gasteiger partial charge < -0.3 is 15.8 Å². The van der Waals surface area contributed by atoms with Crippen LogP contribution in [0.5, 0.6) is 0 Å². The number of morpholine rings is 1. The SMILES string of the molecule is Cl.Cl.NC1CCC(C(=O)NCC(c2cccc(F)c2)N2CCOCC2)C1. The van der Waals surface area contributed by atoms with Gasteiger partial charge in [0.2, 0.25) is 5.91 Å². The number of carbonyl (C=O) groups excluding carboxylic acids is 1. The van der Waals surface area contributed by atoms with Crippen molar-refractivity contribution in [2.45, 2.75) is 31.3 Å². The summed E-state index contributed by atoms with van der Waals surface area (Å²) in [5.74, 6) is -0.172. The number of nitrogens with zero attached hydrogens (tertiary/aromatic N) is 1. The van der Waals surface area contributed by atoms with E-state index in [4.69, 9.17) is 10.5 Å². The van der Waals surface area contributed by atoms with Gasteiger partial charge in [-0.1, -0.05) is 12.1 Å². The molecule has 0 radical (unpaired) electrons. The molecule has 1 aliphatic heterocycles. The zero-order chi connectivity index (χ0) is 16.9. The number of halogens is 3. The molecule has 26 heavy (non-hydrogen) atoms. The summed E-state index contributed by atoms with van der Waals surface area (Å²) in [4.78, 5) is 14.6. The van der Waals surface area contributed by atoms with Crippen LogP contribution in [0, 0.1) is 11.7 Å². The number of benzene rings is 1. The van der Waals surface area contributed by atoms with E-state index in [0.717, 1.165) is 37.9 Å². The molecule has 3 unspecified atom stereocenters. The lowest BCUT2D eigenvalue weighted by Crippen LogP contribution is -2.44. The molecule has 1 aliphatic carbocycles. The Morgan fingerprint density at radius 1 is 1.31 bits per heavy atom. The molecule has 148 valence electrons. The van der Waals surface area contributed by atoms with Crippen LogP contribution in [-0.4, -0.2) is 49.7 Å². The molecule has 2 fully saturated rings. The van der Waals surface area contributed by atoms with E-state index in [1.54, 1.807) is 12.1 Å². The fourth-order valence-electron chi connectivity index (χ4n) is 3.66. The predicted octanol–water partition coefficient (Wildman–Crippen LogP) is 2.29. The van der Waals surface area contributed by atoms with E-state index >= 15 is 0 Å². The summed E-state index contributed by atoms with van der Waals surface area (Å²) < 4.78 is 19.0. The lowest BCUT2D eigenvalue weighted by atomic mass is 10.0. The molecule has 5 nitrogen and oxygen atoms in total. The maximum Gasteiger partial charge on any atom is 0.223 e. The van der Waals surface area contributed by atoms with Crippen LogP contribution in [0.4, 0.5) is 4.39 Å². The molecule has 1 aromatic rings. The van der Waals surface area contributed by atoms with Gasteiger partial charge in [-0.2, -0.15) is 0 Å². The van der Waals surface area contributed by atoms with Gasteiger partial charge in [0.25, 0.3) is 0 Å². The standard InChI is InChI=1S/C18H26FN3O2.2ClH/c19-15-3-1-2-13(10-15)17(22-6-8-24-9-7-22)12-21-18(23)14-4-5-16(20)11-14;;/h1-3,10,14,16-17H,4-9,11-12,20H2,(H,21,23);2*1H. The van der Waals surface area contributed by atoms with Crippen LogP contribution in [0.1, 0.15) is 30.9 Å². The molecule has 1 aromatic carbocycles. The lowest BCUT2D eigenvalue weighted by molar-refractivity contribution is -0.125. The molecule has 1 amide bonds. The third-order valence-corrected chi connectivity index (χ3v) is 5.03. The van der Waals surface area contributed by atoms with Crippen LogP contribution in [0.25, 0.3) is 0 Å². The molecular formula is C18H28Cl2FN3O2. The van der Waals surface area contributed by atoms with Gasteiger partial charge in [0.1, 0.15) is 5.82 Å². The van der Waals surface area contributed by atoms with Gasteiger partial charge in [-0.05, 0) is 37.0 Å². The Labute approximate surface area is 166 Å². The molecular weight excluding hydrogens is 380 g/mol. The number of nitrogens with one attached hydrogen (secondary N) is 1. The summed E-state index contributed by atoms with van der Waals surface area (Å²) in [5, 5.41) is 3.06. The van der Waals surface area contributed by atoms with Crippen molar-refractivity contribution >= 4 is 30.7 Å². The van der Waals surface area contributed by atoms with Gasteiger partial charge in [-0.3, -0.25) is 9.69 Å². The molecule has 3 rings (SSSR count). The highest BCUT2D eigenvalue weighted by Crippen LogP contribution is 2.25. The first-order valence-corrected chi connectivity index (χ1v) is 8.74. The van der Waals surface area contributed by atoms with Crippen LogP contribution in [0.2, 0.25) is 0 Å². The highest BCUT2D eigenvalue weighted by Gasteiger charge is 2.29. The second-order valence-electron chi connectivity index (χ2n) is 6.73. The molecule has 8 heteroatoms. The number of hydrogen-bond acceptors (Lipinski definition) is 4. The molecule has 0 spiro atoms. The van der Waals surface area contributed by atoms with Crippen molar-refractivity contribution in [3.05, 3.63) is 35.6 Å². The Morgan fingerprint density at radius 3 is 2.65 bits per heavy atom. The third-order valence-electron chi connectivity index (χ3n) is 5.03. The highest BCUT2D eigenvalue weighted by molar-refractivity contribution is 5.85. The normalized spacial score (nSPS) is 24.2. The fourth-order valence-corrected chi connectivity index (χ4v) is 3.66. The van der Waals surface area contributed by atoms with Crippen LogP contribution in [0.3, 0.4) is 0 Å². The minimum absolute atomic E-state index is 0. The van der Waals surface area contributed by atoms with Gasteiger partial charge >= 0.3 is 0 Å². The highest BCUT2D eigenvalue weighted by atomic mass is 35.5. The maximum atomic E-state index is 13.6. The first kappa shape index (κ1) is 23.1. The summed E-state index contributed by atoms with van der Waals surface area (Å²) in [6.07, 6.45) is 2.53. The zero-order valence-corrected chi connectivity index (χ0v) is 16.4. The van der Waals surface area contributed by atoms with Crippen LogP contribution in [-0.2, 0) is 9.53 Å². The van der Waals surface area contributed by atoms with Crippen molar-refractivity contribution in [3.8, 4) is 0 Å². The quantitative estimate of drug-likeness (QED) is 0.785. The Hall–Kier alpha value is -0.920. The lowest BCUT2D eigenvalue weighted by Gasteiger charge is -2.35. The average molecular weight is 408 g/mol. The van der Waals surface area contributed by atoms with E-state index in [-0.39, 0.29) is 54.5 Å². The van der Waals surface area contributed by atoms with Crippen LogP contribution in [0.15, 0.2) is 24.3 Å². The second-order valence-corrected chi connectivity index (χ2v) is 6.73. The summed E-state index contributed by atoms with van der Waals surface area (Å²) in [6, 6.07) is 6.73. The number of hydrogen-bond donors (Lipinski definition) is 2. The van der Waals surface area contributed by atoms with Crippen LogP contribution >= 0.6 is 24.8 Å². The Bertz CT molecular complexity index is 573.